The first-order chi connectivity index (χ1) is 12.1. The zero-order valence-electron chi connectivity index (χ0n) is 14.7. The molecule has 1 fully saturated rings. The zero-order chi connectivity index (χ0) is 17.4. The summed E-state index contributed by atoms with van der Waals surface area (Å²) >= 11 is 0. The molecule has 0 bridgehead atoms. The molecule has 1 saturated heterocycles. The zero-order valence-corrected chi connectivity index (χ0v) is 14.7. The van der Waals surface area contributed by atoms with Crippen LogP contribution < -0.4 is 0 Å². The van der Waals surface area contributed by atoms with Crippen molar-refractivity contribution in [1.29, 1.82) is 0 Å². The Balaban J connectivity index is 1.57. The fraction of sp³-hybridized carbons (Fsp3) is 0.333. The van der Waals surface area contributed by atoms with Crippen molar-refractivity contribution < 1.29 is 4.79 Å². The molecule has 2 aromatic carbocycles. The van der Waals surface area contributed by atoms with Gasteiger partial charge in [-0.25, -0.2) is 4.98 Å². The van der Waals surface area contributed by atoms with Crippen molar-refractivity contribution in [3.8, 4) is 0 Å². The third kappa shape index (κ3) is 3.16. The summed E-state index contributed by atoms with van der Waals surface area (Å²) in [6.45, 7) is 4.95. The number of aromatic nitrogens is 2. The standard InChI is InChI=1S/C21H23N3O/c1-14-5-3-6-16(11-14)13-20(25)24-10-4-7-19(24)21-22-17-9-8-15(2)12-18(17)23-21/h3,5-6,8-9,11-12,19H,4,7,10,13H2,1-2H3,(H,22,23). The molecule has 1 aliphatic rings. The summed E-state index contributed by atoms with van der Waals surface area (Å²) in [4.78, 5) is 23.0. The van der Waals surface area contributed by atoms with E-state index in [0.29, 0.717) is 6.42 Å². The van der Waals surface area contributed by atoms with Gasteiger partial charge in [-0.05, 0) is 49.9 Å². The number of carbonyl (C=O) groups is 1. The van der Waals surface area contributed by atoms with Gasteiger partial charge in [0.15, 0.2) is 0 Å². The normalized spacial score (nSPS) is 17.4. The first-order valence-electron chi connectivity index (χ1n) is 8.91. The maximum atomic E-state index is 12.9. The molecule has 0 saturated carbocycles. The van der Waals surface area contributed by atoms with E-state index in [4.69, 9.17) is 4.98 Å². The number of fused-ring (bicyclic) bond motifs is 1. The molecule has 128 valence electrons. The number of hydrogen-bond donors (Lipinski definition) is 1. The Bertz CT molecular complexity index is 928. The minimum absolute atomic E-state index is 0.0602. The van der Waals surface area contributed by atoms with Crippen LogP contribution >= 0.6 is 0 Å². The third-order valence-electron chi connectivity index (χ3n) is 4.98. The maximum Gasteiger partial charge on any atom is 0.227 e. The average molecular weight is 333 g/mol. The van der Waals surface area contributed by atoms with E-state index in [1.54, 1.807) is 0 Å². The van der Waals surface area contributed by atoms with Crippen LogP contribution in [0.5, 0.6) is 0 Å². The van der Waals surface area contributed by atoms with Crippen molar-refractivity contribution >= 4 is 16.9 Å². The molecule has 2 heterocycles. The summed E-state index contributed by atoms with van der Waals surface area (Å²) in [7, 11) is 0. The smallest absolute Gasteiger partial charge is 0.227 e. The number of rotatable bonds is 3. The molecule has 1 unspecified atom stereocenters. The van der Waals surface area contributed by atoms with E-state index in [-0.39, 0.29) is 11.9 Å². The van der Waals surface area contributed by atoms with E-state index in [1.807, 2.05) is 23.1 Å². The molecule has 0 radical (unpaired) electrons. The highest BCUT2D eigenvalue weighted by Crippen LogP contribution is 2.32. The first-order valence-corrected chi connectivity index (χ1v) is 8.91. The molecule has 4 heteroatoms. The number of aromatic amines is 1. The Hall–Kier alpha value is -2.62. The van der Waals surface area contributed by atoms with Crippen LogP contribution in [0.4, 0.5) is 0 Å². The largest absolute Gasteiger partial charge is 0.340 e. The van der Waals surface area contributed by atoms with Gasteiger partial charge in [0.2, 0.25) is 5.91 Å². The number of imidazole rings is 1. The Morgan fingerprint density at radius 1 is 1.20 bits per heavy atom. The molecule has 1 N–H and O–H groups in total. The molecular weight excluding hydrogens is 310 g/mol. The molecule has 1 amide bonds. The Morgan fingerprint density at radius 2 is 2.04 bits per heavy atom. The Morgan fingerprint density at radius 3 is 2.88 bits per heavy atom. The Kier molecular flexibility index (Phi) is 4.04. The van der Waals surface area contributed by atoms with E-state index < -0.39 is 0 Å². The highest BCUT2D eigenvalue weighted by atomic mass is 16.2. The lowest BCUT2D eigenvalue weighted by Crippen LogP contribution is -2.32. The number of hydrogen-bond acceptors (Lipinski definition) is 2. The van der Waals surface area contributed by atoms with E-state index in [2.05, 4.69) is 43.1 Å². The molecule has 4 rings (SSSR count). The second kappa shape index (κ2) is 6.36. The summed E-state index contributed by atoms with van der Waals surface area (Å²) in [6, 6.07) is 14.5. The number of amides is 1. The number of H-pyrrole nitrogens is 1. The lowest BCUT2D eigenvalue weighted by Gasteiger charge is -2.23. The van der Waals surface area contributed by atoms with Gasteiger partial charge in [-0.1, -0.05) is 35.9 Å². The van der Waals surface area contributed by atoms with Crippen LogP contribution in [-0.4, -0.2) is 27.3 Å². The van der Waals surface area contributed by atoms with Crippen LogP contribution in [0, 0.1) is 13.8 Å². The summed E-state index contributed by atoms with van der Waals surface area (Å²) in [5.74, 6) is 1.10. The van der Waals surface area contributed by atoms with Gasteiger partial charge in [0.05, 0.1) is 23.5 Å². The monoisotopic (exact) mass is 333 g/mol. The van der Waals surface area contributed by atoms with Crippen LogP contribution in [0.1, 0.15) is 41.4 Å². The fourth-order valence-corrected chi connectivity index (χ4v) is 3.75. The molecular formula is C21H23N3O. The quantitative estimate of drug-likeness (QED) is 0.785. The van der Waals surface area contributed by atoms with Crippen molar-refractivity contribution in [2.75, 3.05) is 6.54 Å². The highest BCUT2D eigenvalue weighted by Gasteiger charge is 2.31. The van der Waals surface area contributed by atoms with Crippen molar-refractivity contribution in [3.05, 3.63) is 65.0 Å². The van der Waals surface area contributed by atoms with Crippen LogP contribution in [0.15, 0.2) is 42.5 Å². The van der Waals surface area contributed by atoms with Gasteiger partial charge >= 0.3 is 0 Å². The van der Waals surface area contributed by atoms with Gasteiger partial charge in [0.25, 0.3) is 0 Å². The van der Waals surface area contributed by atoms with Crippen LogP contribution in [0.2, 0.25) is 0 Å². The lowest BCUT2D eigenvalue weighted by atomic mass is 10.1. The Labute approximate surface area is 147 Å². The highest BCUT2D eigenvalue weighted by molar-refractivity contribution is 5.80. The third-order valence-corrected chi connectivity index (χ3v) is 4.98. The molecule has 0 aliphatic carbocycles. The SMILES string of the molecule is Cc1cccc(CC(=O)N2CCCC2c2nc3ccc(C)cc3[nH]2)c1. The predicted molar refractivity (Wildman–Crippen MR) is 99.4 cm³/mol. The number of nitrogens with one attached hydrogen (secondary N) is 1. The van der Waals surface area contributed by atoms with Gasteiger partial charge < -0.3 is 9.88 Å². The minimum atomic E-state index is 0.0602. The van der Waals surface area contributed by atoms with Gasteiger partial charge in [0.1, 0.15) is 5.82 Å². The molecule has 1 atom stereocenters. The van der Waals surface area contributed by atoms with Gasteiger partial charge in [-0.2, -0.15) is 0 Å². The summed E-state index contributed by atoms with van der Waals surface area (Å²) < 4.78 is 0. The topological polar surface area (TPSA) is 49.0 Å². The van der Waals surface area contributed by atoms with Crippen molar-refractivity contribution in [3.63, 3.8) is 0 Å². The van der Waals surface area contributed by atoms with Crippen LogP contribution in [-0.2, 0) is 11.2 Å². The van der Waals surface area contributed by atoms with E-state index in [9.17, 15) is 4.79 Å². The number of likely N-dealkylation sites (tertiary alicyclic amines) is 1. The van der Waals surface area contributed by atoms with E-state index in [1.165, 1.54) is 11.1 Å². The second-order valence-electron chi connectivity index (χ2n) is 7.05. The van der Waals surface area contributed by atoms with Crippen molar-refractivity contribution in [2.24, 2.45) is 0 Å². The second-order valence-corrected chi connectivity index (χ2v) is 7.05. The molecule has 0 spiro atoms. The summed E-state index contributed by atoms with van der Waals surface area (Å²) in [5, 5.41) is 0. The lowest BCUT2D eigenvalue weighted by molar-refractivity contribution is -0.131. The van der Waals surface area contributed by atoms with E-state index >= 15 is 0 Å². The van der Waals surface area contributed by atoms with Gasteiger partial charge in [0, 0.05) is 6.54 Å². The van der Waals surface area contributed by atoms with Crippen LogP contribution in [0.25, 0.3) is 11.0 Å². The predicted octanol–water partition coefficient (Wildman–Crippen LogP) is 4.09. The molecule has 1 aromatic heterocycles. The minimum Gasteiger partial charge on any atom is -0.340 e. The average Bonchev–Trinajstić information content (AvgIpc) is 3.20. The molecule has 25 heavy (non-hydrogen) atoms. The summed E-state index contributed by atoms with van der Waals surface area (Å²) in [5.41, 5.74) is 5.50. The molecule has 1 aliphatic heterocycles. The van der Waals surface area contributed by atoms with Gasteiger partial charge in [-0.15, -0.1) is 0 Å². The number of aryl methyl sites for hydroxylation is 2. The molecule has 3 aromatic rings. The number of carbonyl (C=O) groups excluding carboxylic acids is 1. The maximum absolute atomic E-state index is 12.9. The van der Waals surface area contributed by atoms with E-state index in [0.717, 1.165) is 41.8 Å². The molecule has 4 nitrogen and oxygen atoms in total. The summed E-state index contributed by atoms with van der Waals surface area (Å²) in [6.07, 6.45) is 2.45. The number of nitrogens with zero attached hydrogens (tertiary/aromatic N) is 2. The first kappa shape index (κ1) is 15.9. The van der Waals surface area contributed by atoms with Crippen molar-refractivity contribution in [1.82, 2.24) is 14.9 Å². The van der Waals surface area contributed by atoms with Crippen LogP contribution in [0.3, 0.4) is 0 Å². The van der Waals surface area contributed by atoms with Gasteiger partial charge in [-0.3, -0.25) is 4.79 Å². The number of benzene rings is 2. The fourth-order valence-electron chi connectivity index (χ4n) is 3.75. The van der Waals surface area contributed by atoms with Crippen molar-refractivity contribution in [2.45, 2.75) is 39.2 Å².